The Kier molecular flexibility index (Phi) is 4.58. The lowest BCUT2D eigenvalue weighted by Gasteiger charge is -2.40. The highest BCUT2D eigenvalue weighted by molar-refractivity contribution is 5.76. The van der Waals surface area contributed by atoms with E-state index in [1.165, 1.54) is 12.8 Å². The molecule has 0 bridgehead atoms. The minimum atomic E-state index is -0.107. The largest absolute Gasteiger partial charge is 0.349 e. The molecule has 1 aliphatic rings. The third-order valence-electron chi connectivity index (χ3n) is 3.36. The molecule has 3 heteroatoms. The summed E-state index contributed by atoms with van der Waals surface area (Å²) in [6.45, 7) is 4.85. The van der Waals surface area contributed by atoms with E-state index < -0.39 is 0 Å². The second-order valence-electron chi connectivity index (χ2n) is 4.98. The summed E-state index contributed by atoms with van der Waals surface area (Å²) in [4.78, 5) is 11.6. The second kappa shape index (κ2) is 5.50. The molecular formula is C12H24N2O. The number of carbonyl (C=O) groups excluding carboxylic acids is 1. The van der Waals surface area contributed by atoms with Gasteiger partial charge in [-0.15, -0.1) is 0 Å². The lowest BCUT2D eigenvalue weighted by atomic mass is 9.76. The molecule has 1 aliphatic carbocycles. The van der Waals surface area contributed by atoms with Crippen LogP contribution in [0.2, 0.25) is 0 Å². The zero-order valence-corrected chi connectivity index (χ0v) is 10.0. The van der Waals surface area contributed by atoms with E-state index in [9.17, 15) is 4.79 Å². The van der Waals surface area contributed by atoms with E-state index >= 15 is 0 Å². The van der Waals surface area contributed by atoms with Gasteiger partial charge in [-0.1, -0.05) is 26.7 Å². The quantitative estimate of drug-likeness (QED) is 0.746. The van der Waals surface area contributed by atoms with Crippen molar-refractivity contribution in [3.63, 3.8) is 0 Å². The molecule has 3 nitrogen and oxygen atoms in total. The number of nitrogens with two attached hydrogens (primary N) is 1. The highest BCUT2D eigenvalue weighted by Gasteiger charge is 2.34. The van der Waals surface area contributed by atoms with E-state index in [1.54, 1.807) is 0 Å². The Labute approximate surface area is 92.8 Å². The third-order valence-corrected chi connectivity index (χ3v) is 3.36. The third kappa shape index (κ3) is 3.49. The van der Waals surface area contributed by atoms with E-state index in [1.807, 2.05) is 6.92 Å². The van der Waals surface area contributed by atoms with Gasteiger partial charge in [0.1, 0.15) is 0 Å². The molecule has 1 fully saturated rings. The Balaban J connectivity index is 2.55. The van der Waals surface area contributed by atoms with Crippen LogP contribution < -0.4 is 11.1 Å². The fourth-order valence-corrected chi connectivity index (χ4v) is 2.60. The molecule has 0 aliphatic heterocycles. The van der Waals surface area contributed by atoms with Crippen molar-refractivity contribution >= 4 is 5.91 Å². The maximum absolute atomic E-state index is 11.6. The standard InChI is InChI=1S/C12H24N2O/c1-3-5-11(15)14-12(9-13)7-4-6-10(2)8-12/h10H,3-9,13H2,1-2H3,(H,14,15). The summed E-state index contributed by atoms with van der Waals surface area (Å²) < 4.78 is 0. The normalized spacial score (nSPS) is 31.3. The number of rotatable bonds is 4. The molecule has 15 heavy (non-hydrogen) atoms. The smallest absolute Gasteiger partial charge is 0.220 e. The summed E-state index contributed by atoms with van der Waals surface area (Å²) in [6, 6.07) is 0. The van der Waals surface area contributed by atoms with Gasteiger partial charge in [-0.05, 0) is 25.2 Å². The molecule has 1 rings (SSSR count). The van der Waals surface area contributed by atoms with Crippen molar-refractivity contribution in [2.45, 2.75) is 57.9 Å². The van der Waals surface area contributed by atoms with Crippen molar-refractivity contribution in [2.24, 2.45) is 11.7 Å². The average Bonchev–Trinajstić information content (AvgIpc) is 2.18. The lowest BCUT2D eigenvalue weighted by molar-refractivity contribution is -0.123. The molecular weight excluding hydrogens is 188 g/mol. The molecule has 0 radical (unpaired) electrons. The van der Waals surface area contributed by atoms with Crippen LogP contribution in [-0.4, -0.2) is 18.0 Å². The summed E-state index contributed by atoms with van der Waals surface area (Å²) in [7, 11) is 0. The van der Waals surface area contributed by atoms with E-state index in [0.29, 0.717) is 18.9 Å². The first-order valence-electron chi connectivity index (χ1n) is 6.13. The van der Waals surface area contributed by atoms with Crippen molar-refractivity contribution in [3.05, 3.63) is 0 Å². The van der Waals surface area contributed by atoms with Gasteiger partial charge >= 0.3 is 0 Å². The molecule has 2 unspecified atom stereocenters. The topological polar surface area (TPSA) is 55.1 Å². The average molecular weight is 212 g/mol. The first-order valence-corrected chi connectivity index (χ1v) is 6.13. The molecule has 0 aromatic carbocycles. The Morgan fingerprint density at radius 2 is 2.33 bits per heavy atom. The highest BCUT2D eigenvalue weighted by atomic mass is 16.1. The molecule has 0 heterocycles. The summed E-state index contributed by atoms with van der Waals surface area (Å²) in [5.41, 5.74) is 5.72. The number of carbonyl (C=O) groups is 1. The van der Waals surface area contributed by atoms with Gasteiger partial charge in [0.25, 0.3) is 0 Å². The van der Waals surface area contributed by atoms with Gasteiger partial charge in [0, 0.05) is 13.0 Å². The lowest BCUT2D eigenvalue weighted by Crippen LogP contribution is -2.55. The van der Waals surface area contributed by atoms with Crippen molar-refractivity contribution in [1.82, 2.24) is 5.32 Å². The van der Waals surface area contributed by atoms with Gasteiger partial charge < -0.3 is 11.1 Å². The van der Waals surface area contributed by atoms with Crippen LogP contribution in [0.25, 0.3) is 0 Å². The van der Waals surface area contributed by atoms with Gasteiger partial charge in [-0.3, -0.25) is 4.79 Å². The summed E-state index contributed by atoms with van der Waals surface area (Å²) in [5.74, 6) is 0.848. The van der Waals surface area contributed by atoms with Gasteiger partial charge in [-0.2, -0.15) is 0 Å². The first-order chi connectivity index (χ1) is 7.12. The highest BCUT2D eigenvalue weighted by Crippen LogP contribution is 2.31. The number of hydrogen-bond acceptors (Lipinski definition) is 2. The molecule has 0 saturated heterocycles. The molecule has 1 saturated carbocycles. The van der Waals surface area contributed by atoms with Crippen LogP contribution in [0.4, 0.5) is 0 Å². The maximum atomic E-state index is 11.6. The first kappa shape index (κ1) is 12.5. The zero-order valence-electron chi connectivity index (χ0n) is 10.0. The van der Waals surface area contributed by atoms with E-state index in [0.717, 1.165) is 19.3 Å². The van der Waals surface area contributed by atoms with Crippen LogP contribution >= 0.6 is 0 Å². The molecule has 1 amide bonds. The van der Waals surface area contributed by atoms with E-state index in [4.69, 9.17) is 5.73 Å². The Hall–Kier alpha value is -0.570. The van der Waals surface area contributed by atoms with Crippen LogP contribution in [0, 0.1) is 5.92 Å². The minimum absolute atomic E-state index is 0.107. The summed E-state index contributed by atoms with van der Waals surface area (Å²) in [6.07, 6.45) is 6.07. The predicted octanol–water partition coefficient (Wildman–Crippen LogP) is 1.81. The van der Waals surface area contributed by atoms with Crippen LogP contribution in [0.1, 0.15) is 52.4 Å². The van der Waals surface area contributed by atoms with Crippen LogP contribution in [0.3, 0.4) is 0 Å². The van der Waals surface area contributed by atoms with Crippen molar-refractivity contribution < 1.29 is 4.79 Å². The SMILES string of the molecule is CCCC(=O)NC1(CN)CCCC(C)C1. The zero-order chi connectivity index (χ0) is 11.3. The van der Waals surface area contributed by atoms with E-state index in [-0.39, 0.29) is 11.4 Å². The Morgan fingerprint density at radius 1 is 1.60 bits per heavy atom. The Bertz CT molecular complexity index is 218. The molecule has 2 atom stereocenters. The Morgan fingerprint density at radius 3 is 2.87 bits per heavy atom. The second-order valence-corrected chi connectivity index (χ2v) is 4.98. The maximum Gasteiger partial charge on any atom is 0.220 e. The minimum Gasteiger partial charge on any atom is -0.349 e. The van der Waals surface area contributed by atoms with Gasteiger partial charge in [0.05, 0.1) is 5.54 Å². The van der Waals surface area contributed by atoms with Crippen LogP contribution in [0.5, 0.6) is 0 Å². The van der Waals surface area contributed by atoms with Gasteiger partial charge in [0.15, 0.2) is 0 Å². The predicted molar refractivity (Wildman–Crippen MR) is 62.5 cm³/mol. The molecule has 88 valence electrons. The van der Waals surface area contributed by atoms with Crippen molar-refractivity contribution in [3.8, 4) is 0 Å². The fourth-order valence-electron chi connectivity index (χ4n) is 2.60. The fraction of sp³-hybridized carbons (Fsp3) is 0.917. The molecule has 3 N–H and O–H groups in total. The number of hydrogen-bond donors (Lipinski definition) is 2. The molecule has 0 aromatic rings. The van der Waals surface area contributed by atoms with E-state index in [2.05, 4.69) is 12.2 Å². The van der Waals surface area contributed by atoms with Crippen molar-refractivity contribution in [1.29, 1.82) is 0 Å². The number of nitrogens with one attached hydrogen (secondary N) is 1. The number of amides is 1. The monoisotopic (exact) mass is 212 g/mol. The van der Waals surface area contributed by atoms with Gasteiger partial charge in [0.2, 0.25) is 5.91 Å². The van der Waals surface area contributed by atoms with Gasteiger partial charge in [-0.25, -0.2) is 0 Å². The van der Waals surface area contributed by atoms with Crippen molar-refractivity contribution in [2.75, 3.05) is 6.54 Å². The molecule has 0 aromatic heterocycles. The molecule has 0 spiro atoms. The van der Waals surface area contributed by atoms with Crippen LogP contribution in [-0.2, 0) is 4.79 Å². The summed E-state index contributed by atoms with van der Waals surface area (Å²) in [5, 5.41) is 3.15. The van der Waals surface area contributed by atoms with Crippen LogP contribution in [0.15, 0.2) is 0 Å². The summed E-state index contributed by atoms with van der Waals surface area (Å²) >= 11 is 0.